The lowest BCUT2D eigenvalue weighted by Gasteiger charge is -2.08. The fraction of sp³-hybridized carbons (Fsp3) is 0.0556. The van der Waals surface area contributed by atoms with Crippen molar-refractivity contribution in [2.24, 2.45) is 0 Å². The van der Waals surface area contributed by atoms with Crippen molar-refractivity contribution >= 4 is 28.3 Å². The molecule has 2 nitrogen and oxygen atoms in total. The van der Waals surface area contributed by atoms with Gasteiger partial charge >= 0.3 is 5.97 Å². The first kappa shape index (κ1) is 13.7. The van der Waals surface area contributed by atoms with E-state index in [0.717, 1.165) is 16.3 Å². The van der Waals surface area contributed by atoms with Gasteiger partial charge in [0.05, 0.1) is 5.56 Å². The van der Waals surface area contributed by atoms with E-state index in [1.165, 1.54) is 0 Å². The summed E-state index contributed by atoms with van der Waals surface area (Å²) in [6, 6.07) is 20.6. The van der Waals surface area contributed by atoms with Crippen LogP contribution in [0.15, 0.2) is 66.7 Å². The van der Waals surface area contributed by atoms with Gasteiger partial charge in [0.15, 0.2) is 0 Å². The molecule has 0 spiro atoms. The monoisotopic (exact) mass is 296 g/mol. The molecule has 0 aromatic heterocycles. The first-order valence-electron chi connectivity index (χ1n) is 6.63. The summed E-state index contributed by atoms with van der Waals surface area (Å²) in [6.07, 6.45) is 0. The van der Waals surface area contributed by atoms with Crippen LogP contribution >= 0.6 is 11.6 Å². The highest BCUT2D eigenvalue weighted by Gasteiger charge is 2.10. The van der Waals surface area contributed by atoms with Gasteiger partial charge in [-0.2, -0.15) is 0 Å². The van der Waals surface area contributed by atoms with Gasteiger partial charge in [-0.15, -0.1) is 11.6 Å². The third-order valence-electron chi connectivity index (χ3n) is 3.30. The predicted octanol–water partition coefficient (Wildman–Crippen LogP) is 4.80. The second kappa shape index (κ2) is 5.98. The van der Waals surface area contributed by atoms with E-state index in [1.54, 1.807) is 18.2 Å². The highest BCUT2D eigenvalue weighted by Crippen LogP contribution is 2.26. The molecule has 0 atom stereocenters. The summed E-state index contributed by atoms with van der Waals surface area (Å²) in [6.45, 7) is 0. The molecule has 0 saturated heterocycles. The van der Waals surface area contributed by atoms with Gasteiger partial charge in [-0.05, 0) is 29.1 Å². The van der Waals surface area contributed by atoms with Gasteiger partial charge in [0, 0.05) is 11.3 Å². The Morgan fingerprint density at radius 2 is 1.62 bits per heavy atom. The first-order valence-corrected chi connectivity index (χ1v) is 7.16. The van der Waals surface area contributed by atoms with Crippen molar-refractivity contribution in [1.29, 1.82) is 0 Å². The number of carbonyl (C=O) groups is 1. The Morgan fingerprint density at radius 1 is 0.905 bits per heavy atom. The maximum atomic E-state index is 12.2. The van der Waals surface area contributed by atoms with E-state index in [0.29, 0.717) is 17.2 Å². The van der Waals surface area contributed by atoms with E-state index in [-0.39, 0.29) is 5.97 Å². The molecule has 0 N–H and O–H groups in total. The van der Waals surface area contributed by atoms with E-state index in [4.69, 9.17) is 16.3 Å². The second-order valence-corrected chi connectivity index (χ2v) is 4.96. The fourth-order valence-corrected chi connectivity index (χ4v) is 2.35. The molecule has 0 aliphatic rings. The predicted molar refractivity (Wildman–Crippen MR) is 84.9 cm³/mol. The topological polar surface area (TPSA) is 26.3 Å². The number of benzene rings is 3. The summed E-state index contributed by atoms with van der Waals surface area (Å²) in [4.78, 5) is 12.2. The zero-order chi connectivity index (χ0) is 14.7. The van der Waals surface area contributed by atoms with Crippen molar-refractivity contribution in [3.05, 3.63) is 77.9 Å². The summed E-state index contributed by atoms with van der Waals surface area (Å²) in [5.74, 6) is 0.630. The SMILES string of the molecule is O=C(Oc1cccc2ccccc12)c1ccc(CCl)cc1. The van der Waals surface area contributed by atoms with Gasteiger partial charge in [0.25, 0.3) is 0 Å². The number of halogens is 1. The maximum absolute atomic E-state index is 12.2. The van der Waals surface area contributed by atoms with Crippen LogP contribution in [0, 0.1) is 0 Å². The van der Waals surface area contributed by atoms with E-state index >= 15 is 0 Å². The van der Waals surface area contributed by atoms with E-state index in [2.05, 4.69) is 0 Å². The highest BCUT2D eigenvalue weighted by atomic mass is 35.5. The van der Waals surface area contributed by atoms with Gasteiger partial charge in [0.2, 0.25) is 0 Å². The number of hydrogen-bond donors (Lipinski definition) is 0. The van der Waals surface area contributed by atoms with Gasteiger partial charge in [0.1, 0.15) is 5.75 Å². The second-order valence-electron chi connectivity index (χ2n) is 4.70. The Balaban J connectivity index is 1.89. The summed E-state index contributed by atoms with van der Waals surface area (Å²) < 4.78 is 5.52. The third kappa shape index (κ3) is 2.91. The minimum absolute atomic E-state index is 0.368. The number of rotatable bonds is 3. The van der Waals surface area contributed by atoms with Gasteiger partial charge in [-0.1, -0.05) is 48.5 Å². The normalized spacial score (nSPS) is 10.5. The van der Waals surface area contributed by atoms with Crippen LogP contribution in [0.3, 0.4) is 0 Å². The number of carbonyl (C=O) groups excluding carboxylic acids is 1. The van der Waals surface area contributed by atoms with Crippen LogP contribution in [0.2, 0.25) is 0 Å². The van der Waals surface area contributed by atoms with Gasteiger partial charge in [-0.25, -0.2) is 4.79 Å². The van der Waals surface area contributed by atoms with Crippen LogP contribution in [0.5, 0.6) is 5.75 Å². The Kier molecular flexibility index (Phi) is 3.89. The fourth-order valence-electron chi connectivity index (χ4n) is 2.17. The van der Waals surface area contributed by atoms with Crippen LogP contribution in [0.1, 0.15) is 15.9 Å². The number of ether oxygens (including phenoxy) is 1. The van der Waals surface area contributed by atoms with Gasteiger partial charge in [-0.3, -0.25) is 0 Å². The lowest BCUT2D eigenvalue weighted by molar-refractivity contribution is 0.0737. The average molecular weight is 297 g/mol. The molecule has 0 unspecified atom stereocenters. The van der Waals surface area contributed by atoms with Crippen LogP contribution in [-0.2, 0) is 5.88 Å². The average Bonchev–Trinajstić information content (AvgIpc) is 2.55. The summed E-state index contributed by atoms with van der Waals surface area (Å²) in [7, 11) is 0. The standard InChI is InChI=1S/C18H13ClO2/c19-12-13-8-10-15(11-9-13)18(20)21-17-7-3-5-14-4-1-2-6-16(14)17/h1-11H,12H2. The van der Waals surface area contributed by atoms with Crippen molar-refractivity contribution in [2.45, 2.75) is 5.88 Å². The van der Waals surface area contributed by atoms with Crippen molar-refractivity contribution in [3.8, 4) is 5.75 Å². The highest BCUT2D eigenvalue weighted by molar-refractivity contribution is 6.17. The molecule has 0 amide bonds. The smallest absolute Gasteiger partial charge is 0.343 e. The van der Waals surface area contributed by atoms with Gasteiger partial charge < -0.3 is 4.74 Å². The summed E-state index contributed by atoms with van der Waals surface area (Å²) >= 11 is 5.74. The molecular formula is C18H13ClO2. The summed E-state index contributed by atoms with van der Waals surface area (Å²) in [5, 5.41) is 1.96. The Morgan fingerprint density at radius 3 is 2.38 bits per heavy atom. The zero-order valence-electron chi connectivity index (χ0n) is 11.3. The van der Waals surface area contributed by atoms with Crippen LogP contribution in [0.25, 0.3) is 10.8 Å². The molecule has 21 heavy (non-hydrogen) atoms. The minimum atomic E-state index is -0.368. The summed E-state index contributed by atoms with van der Waals surface area (Å²) in [5.41, 5.74) is 1.48. The molecule has 0 aliphatic carbocycles. The van der Waals surface area contributed by atoms with Crippen LogP contribution in [0.4, 0.5) is 0 Å². The molecule has 0 aliphatic heterocycles. The molecule has 3 rings (SSSR count). The molecule has 0 fully saturated rings. The maximum Gasteiger partial charge on any atom is 0.343 e. The molecule has 0 heterocycles. The molecule has 0 saturated carbocycles. The Hall–Kier alpha value is -2.32. The molecule has 3 aromatic rings. The minimum Gasteiger partial charge on any atom is -0.422 e. The largest absolute Gasteiger partial charge is 0.422 e. The van der Waals surface area contributed by atoms with Crippen LogP contribution < -0.4 is 4.74 Å². The molecule has 0 radical (unpaired) electrons. The first-order chi connectivity index (χ1) is 10.3. The van der Waals surface area contributed by atoms with Crippen LogP contribution in [-0.4, -0.2) is 5.97 Å². The van der Waals surface area contributed by atoms with E-state index in [1.807, 2.05) is 48.5 Å². The van der Waals surface area contributed by atoms with E-state index < -0.39 is 0 Å². The molecule has 3 aromatic carbocycles. The zero-order valence-corrected chi connectivity index (χ0v) is 12.0. The lowest BCUT2D eigenvalue weighted by atomic mass is 10.1. The molecule has 3 heteroatoms. The molecule has 104 valence electrons. The number of hydrogen-bond acceptors (Lipinski definition) is 2. The van der Waals surface area contributed by atoms with Crippen molar-refractivity contribution in [2.75, 3.05) is 0 Å². The number of alkyl halides is 1. The third-order valence-corrected chi connectivity index (χ3v) is 3.60. The number of fused-ring (bicyclic) bond motifs is 1. The number of esters is 1. The van der Waals surface area contributed by atoms with E-state index in [9.17, 15) is 4.79 Å². The molecule has 0 bridgehead atoms. The Labute approximate surface area is 127 Å². The Bertz CT molecular complexity index is 773. The van der Waals surface area contributed by atoms with Crippen molar-refractivity contribution < 1.29 is 9.53 Å². The van der Waals surface area contributed by atoms with Crippen molar-refractivity contribution in [1.82, 2.24) is 0 Å². The van der Waals surface area contributed by atoms with Crippen molar-refractivity contribution in [3.63, 3.8) is 0 Å². The quantitative estimate of drug-likeness (QED) is 0.394. The lowest BCUT2D eigenvalue weighted by Crippen LogP contribution is -2.08. The molecular weight excluding hydrogens is 284 g/mol.